The van der Waals surface area contributed by atoms with E-state index in [1.807, 2.05) is 24.3 Å². The Bertz CT molecular complexity index is 985. The zero-order chi connectivity index (χ0) is 18.1. The van der Waals surface area contributed by atoms with E-state index in [9.17, 15) is 4.79 Å². The monoisotopic (exact) mass is 368 g/mol. The Labute approximate surface area is 155 Å². The third-order valence-electron chi connectivity index (χ3n) is 4.54. The van der Waals surface area contributed by atoms with Gasteiger partial charge >= 0.3 is 0 Å². The number of carbonyl (C=O) groups is 1. The summed E-state index contributed by atoms with van der Waals surface area (Å²) in [6.45, 7) is 0.441. The Hall–Kier alpha value is -2.79. The van der Waals surface area contributed by atoms with Gasteiger partial charge in [-0.05, 0) is 12.5 Å². The van der Waals surface area contributed by atoms with Gasteiger partial charge in [-0.2, -0.15) is 0 Å². The second-order valence-corrected chi connectivity index (χ2v) is 6.55. The molecule has 2 heterocycles. The third-order valence-corrected chi connectivity index (χ3v) is 4.76. The second-order valence-electron chi connectivity index (χ2n) is 6.11. The fourth-order valence-electron chi connectivity index (χ4n) is 3.30. The molecule has 0 radical (unpaired) electrons. The number of nitrogens with zero attached hydrogens (tertiary/aromatic N) is 1. The number of halogens is 1. The zero-order valence-electron chi connectivity index (χ0n) is 14.2. The van der Waals surface area contributed by atoms with Crippen LogP contribution in [-0.4, -0.2) is 24.6 Å². The van der Waals surface area contributed by atoms with E-state index < -0.39 is 0 Å². The maximum Gasteiger partial charge on any atom is 0.232 e. The molecule has 1 atom stereocenters. The standard InChI is InChI=1S/C20H17ClN2O3/c1-25-18-9-13(21)8-16-15(6-7-26-19(16)18)20(24)23-17-11-22-10-12-4-2-3-5-14(12)17/h2-5,8-11,15H,6-7H2,1H3,(H,23,24)/t15-/m0/s1. The lowest BCUT2D eigenvalue weighted by atomic mass is 9.91. The summed E-state index contributed by atoms with van der Waals surface area (Å²) >= 11 is 6.19. The zero-order valence-corrected chi connectivity index (χ0v) is 14.9. The molecule has 132 valence electrons. The largest absolute Gasteiger partial charge is 0.493 e. The molecule has 1 aromatic heterocycles. The molecule has 0 saturated carbocycles. The second kappa shape index (κ2) is 6.84. The first-order valence-corrected chi connectivity index (χ1v) is 8.69. The van der Waals surface area contributed by atoms with Crippen molar-refractivity contribution in [2.24, 2.45) is 0 Å². The summed E-state index contributed by atoms with van der Waals surface area (Å²) in [6, 6.07) is 11.3. The number of rotatable bonds is 3. The van der Waals surface area contributed by atoms with Crippen LogP contribution < -0.4 is 14.8 Å². The highest BCUT2D eigenvalue weighted by Gasteiger charge is 2.30. The van der Waals surface area contributed by atoms with E-state index in [2.05, 4.69) is 10.3 Å². The van der Waals surface area contributed by atoms with Crippen molar-refractivity contribution in [2.75, 3.05) is 19.0 Å². The molecule has 0 aliphatic carbocycles. The minimum atomic E-state index is -0.370. The van der Waals surface area contributed by atoms with Crippen LogP contribution in [0.15, 0.2) is 48.8 Å². The minimum Gasteiger partial charge on any atom is -0.493 e. The molecule has 0 bridgehead atoms. The molecule has 0 fully saturated rings. The number of methoxy groups -OCH3 is 1. The quantitative estimate of drug-likeness (QED) is 0.744. The first kappa shape index (κ1) is 16.7. The number of aromatic nitrogens is 1. The van der Waals surface area contributed by atoms with Crippen molar-refractivity contribution in [3.8, 4) is 11.5 Å². The van der Waals surface area contributed by atoms with Crippen molar-refractivity contribution in [1.29, 1.82) is 0 Å². The normalized spacial score (nSPS) is 15.8. The van der Waals surface area contributed by atoms with E-state index in [0.29, 0.717) is 35.2 Å². The summed E-state index contributed by atoms with van der Waals surface area (Å²) in [5, 5.41) is 5.45. The Morgan fingerprint density at radius 1 is 1.31 bits per heavy atom. The van der Waals surface area contributed by atoms with Crippen LogP contribution in [0.25, 0.3) is 10.8 Å². The summed E-state index contributed by atoms with van der Waals surface area (Å²) in [6.07, 6.45) is 4.01. The molecule has 3 aromatic rings. The summed E-state index contributed by atoms with van der Waals surface area (Å²) in [4.78, 5) is 17.2. The van der Waals surface area contributed by atoms with E-state index in [1.165, 1.54) is 0 Å². The topological polar surface area (TPSA) is 60.5 Å². The lowest BCUT2D eigenvalue weighted by molar-refractivity contribution is -0.118. The van der Waals surface area contributed by atoms with Crippen molar-refractivity contribution in [3.05, 3.63) is 59.4 Å². The average Bonchev–Trinajstić information content (AvgIpc) is 2.67. The Morgan fingerprint density at radius 2 is 2.15 bits per heavy atom. The van der Waals surface area contributed by atoms with Crippen molar-refractivity contribution in [2.45, 2.75) is 12.3 Å². The molecular formula is C20H17ClN2O3. The molecule has 4 rings (SSSR count). The molecule has 0 spiro atoms. The van der Waals surface area contributed by atoms with Gasteiger partial charge in [0.2, 0.25) is 5.91 Å². The lowest BCUT2D eigenvalue weighted by Crippen LogP contribution is -2.27. The van der Waals surface area contributed by atoms with E-state index in [0.717, 1.165) is 16.3 Å². The van der Waals surface area contributed by atoms with Gasteiger partial charge in [0.05, 0.1) is 31.5 Å². The Balaban J connectivity index is 1.69. The van der Waals surface area contributed by atoms with Gasteiger partial charge in [0, 0.05) is 33.6 Å². The predicted molar refractivity (Wildman–Crippen MR) is 101 cm³/mol. The predicted octanol–water partition coefficient (Wildman–Crippen LogP) is 4.40. The van der Waals surface area contributed by atoms with Crippen LogP contribution in [-0.2, 0) is 4.79 Å². The summed E-state index contributed by atoms with van der Waals surface area (Å²) in [7, 11) is 1.56. The molecule has 1 aliphatic heterocycles. The van der Waals surface area contributed by atoms with E-state index in [4.69, 9.17) is 21.1 Å². The van der Waals surface area contributed by atoms with Gasteiger partial charge in [0.25, 0.3) is 0 Å². The van der Waals surface area contributed by atoms with E-state index >= 15 is 0 Å². The minimum absolute atomic E-state index is 0.114. The molecule has 5 nitrogen and oxygen atoms in total. The highest BCUT2D eigenvalue weighted by molar-refractivity contribution is 6.31. The van der Waals surface area contributed by atoms with Crippen molar-refractivity contribution in [3.63, 3.8) is 0 Å². The first-order chi connectivity index (χ1) is 12.7. The smallest absolute Gasteiger partial charge is 0.232 e. The van der Waals surface area contributed by atoms with Crippen LogP contribution >= 0.6 is 11.6 Å². The van der Waals surface area contributed by atoms with Gasteiger partial charge < -0.3 is 14.8 Å². The summed E-state index contributed by atoms with van der Waals surface area (Å²) in [5.41, 5.74) is 1.43. The number of pyridine rings is 1. The van der Waals surface area contributed by atoms with Crippen LogP contribution in [0.1, 0.15) is 17.9 Å². The number of ether oxygens (including phenoxy) is 2. The van der Waals surface area contributed by atoms with Crippen LogP contribution in [0.2, 0.25) is 5.02 Å². The van der Waals surface area contributed by atoms with Crippen molar-refractivity contribution >= 4 is 34.0 Å². The SMILES string of the molecule is COc1cc(Cl)cc2c1OCC[C@@H]2C(=O)Nc1cncc2ccccc12. The molecule has 6 heteroatoms. The van der Waals surface area contributed by atoms with Crippen LogP contribution in [0.3, 0.4) is 0 Å². The Morgan fingerprint density at radius 3 is 3.00 bits per heavy atom. The number of hydrogen-bond acceptors (Lipinski definition) is 4. The van der Waals surface area contributed by atoms with E-state index in [1.54, 1.807) is 31.6 Å². The van der Waals surface area contributed by atoms with Gasteiger partial charge in [-0.3, -0.25) is 9.78 Å². The van der Waals surface area contributed by atoms with Gasteiger partial charge in [0.1, 0.15) is 0 Å². The van der Waals surface area contributed by atoms with Gasteiger partial charge in [-0.1, -0.05) is 35.9 Å². The number of anilines is 1. The van der Waals surface area contributed by atoms with Crippen molar-refractivity contribution < 1.29 is 14.3 Å². The number of benzene rings is 2. The molecule has 0 saturated heterocycles. The number of carbonyl (C=O) groups excluding carboxylic acids is 1. The van der Waals surface area contributed by atoms with Crippen LogP contribution in [0.5, 0.6) is 11.5 Å². The molecule has 1 N–H and O–H groups in total. The van der Waals surface area contributed by atoms with Crippen LogP contribution in [0, 0.1) is 0 Å². The summed E-state index contributed by atoms with van der Waals surface area (Å²) in [5.74, 6) is 0.638. The maximum absolute atomic E-state index is 13.0. The number of hydrogen-bond donors (Lipinski definition) is 1. The number of amides is 1. The fraction of sp³-hybridized carbons (Fsp3) is 0.200. The third kappa shape index (κ3) is 2.95. The first-order valence-electron chi connectivity index (χ1n) is 8.31. The molecule has 1 amide bonds. The molecular weight excluding hydrogens is 352 g/mol. The molecule has 26 heavy (non-hydrogen) atoms. The van der Waals surface area contributed by atoms with Crippen molar-refractivity contribution in [1.82, 2.24) is 4.98 Å². The lowest BCUT2D eigenvalue weighted by Gasteiger charge is -2.27. The number of nitrogens with one attached hydrogen (secondary N) is 1. The highest BCUT2D eigenvalue weighted by atomic mass is 35.5. The summed E-state index contributed by atoms with van der Waals surface area (Å²) < 4.78 is 11.1. The van der Waals surface area contributed by atoms with E-state index in [-0.39, 0.29) is 11.8 Å². The van der Waals surface area contributed by atoms with Crippen LogP contribution in [0.4, 0.5) is 5.69 Å². The number of fused-ring (bicyclic) bond motifs is 2. The van der Waals surface area contributed by atoms with Gasteiger partial charge in [-0.25, -0.2) is 0 Å². The Kier molecular flexibility index (Phi) is 4.39. The average molecular weight is 369 g/mol. The van der Waals surface area contributed by atoms with Gasteiger partial charge in [0.15, 0.2) is 11.5 Å². The van der Waals surface area contributed by atoms with Gasteiger partial charge in [-0.15, -0.1) is 0 Å². The maximum atomic E-state index is 13.0. The fourth-order valence-corrected chi connectivity index (χ4v) is 3.51. The molecule has 2 aromatic carbocycles. The molecule has 1 aliphatic rings. The highest BCUT2D eigenvalue weighted by Crippen LogP contribution is 2.43. The molecule has 0 unspecified atom stereocenters.